The predicted octanol–water partition coefficient (Wildman–Crippen LogP) is 1.98. The molecule has 1 atom stereocenters. The standard InChI is InChI=1S/C15H18N2O5/c1-9(2)13(18)21-8-11(14(19)20-3)17-15-16-10-6-4-5-7-12(10)22-15/h4-7,9,11H,8H2,1-3H3,(H,16,17). The van der Waals surface area contributed by atoms with Crippen molar-refractivity contribution in [3.05, 3.63) is 24.3 Å². The van der Waals surface area contributed by atoms with Crippen molar-refractivity contribution < 1.29 is 23.5 Å². The van der Waals surface area contributed by atoms with Crippen molar-refractivity contribution >= 4 is 29.1 Å². The number of ether oxygens (including phenoxy) is 2. The fraction of sp³-hybridized carbons (Fsp3) is 0.400. The van der Waals surface area contributed by atoms with Gasteiger partial charge >= 0.3 is 11.9 Å². The zero-order valence-electron chi connectivity index (χ0n) is 12.7. The molecule has 0 spiro atoms. The van der Waals surface area contributed by atoms with Crippen molar-refractivity contribution in [1.82, 2.24) is 4.98 Å². The van der Waals surface area contributed by atoms with Crippen LogP contribution in [0.5, 0.6) is 0 Å². The molecule has 1 aromatic carbocycles. The molecule has 7 nitrogen and oxygen atoms in total. The summed E-state index contributed by atoms with van der Waals surface area (Å²) in [4.78, 5) is 27.5. The van der Waals surface area contributed by atoms with Crippen LogP contribution in [0.25, 0.3) is 11.1 Å². The minimum atomic E-state index is -0.888. The van der Waals surface area contributed by atoms with E-state index in [4.69, 9.17) is 9.15 Å². The Kier molecular flexibility index (Phi) is 4.98. The Hall–Kier alpha value is -2.57. The number of fused-ring (bicyclic) bond motifs is 1. The maximum Gasteiger partial charge on any atom is 0.332 e. The quantitative estimate of drug-likeness (QED) is 0.816. The first-order valence-electron chi connectivity index (χ1n) is 6.88. The Morgan fingerprint density at radius 3 is 2.64 bits per heavy atom. The van der Waals surface area contributed by atoms with E-state index in [1.54, 1.807) is 26.0 Å². The van der Waals surface area contributed by atoms with E-state index in [-0.39, 0.29) is 18.5 Å². The molecule has 0 aliphatic heterocycles. The summed E-state index contributed by atoms with van der Waals surface area (Å²) < 4.78 is 15.2. The van der Waals surface area contributed by atoms with Crippen molar-refractivity contribution in [2.45, 2.75) is 19.9 Å². The zero-order valence-corrected chi connectivity index (χ0v) is 12.7. The molecule has 1 aromatic heterocycles. The number of hydrogen-bond donors (Lipinski definition) is 1. The molecule has 0 fully saturated rings. The van der Waals surface area contributed by atoms with Crippen LogP contribution in [0.15, 0.2) is 28.7 Å². The fourth-order valence-electron chi connectivity index (χ4n) is 1.73. The van der Waals surface area contributed by atoms with E-state index in [0.29, 0.717) is 11.1 Å². The number of aromatic nitrogens is 1. The number of esters is 2. The molecule has 1 N–H and O–H groups in total. The van der Waals surface area contributed by atoms with Gasteiger partial charge in [-0.15, -0.1) is 0 Å². The Labute approximate surface area is 127 Å². The maximum atomic E-state index is 11.8. The summed E-state index contributed by atoms with van der Waals surface area (Å²) in [5, 5.41) is 2.78. The lowest BCUT2D eigenvalue weighted by atomic mass is 10.2. The van der Waals surface area contributed by atoms with Gasteiger partial charge < -0.3 is 19.2 Å². The number of nitrogens with zero attached hydrogens (tertiary/aromatic N) is 1. The number of anilines is 1. The van der Waals surface area contributed by atoms with E-state index in [2.05, 4.69) is 15.0 Å². The van der Waals surface area contributed by atoms with E-state index in [1.807, 2.05) is 12.1 Å². The van der Waals surface area contributed by atoms with Crippen molar-refractivity contribution in [2.75, 3.05) is 19.0 Å². The molecule has 7 heteroatoms. The number of methoxy groups -OCH3 is 1. The van der Waals surface area contributed by atoms with Gasteiger partial charge in [0.15, 0.2) is 11.6 Å². The Bertz CT molecular complexity index is 632. The molecule has 0 radical (unpaired) electrons. The summed E-state index contributed by atoms with van der Waals surface area (Å²) in [6.45, 7) is 3.26. The molecule has 1 unspecified atom stereocenters. The third kappa shape index (κ3) is 3.75. The monoisotopic (exact) mass is 306 g/mol. The highest BCUT2D eigenvalue weighted by Crippen LogP contribution is 2.19. The number of benzene rings is 1. The summed E-state index contributed by atoms with van der Waals surface area (Å²) >= 11 is 0. The summed E-state index contributed by atoms with van der Waals surface area (Å²) in [6, 6.07) is 6.48. The second kappa shape index (κ2) is 6.93. The van der Waals surface area contributed by atoms with Crippen LogP contribution in [-0.2, 0) is 19.1 Å². The van der Waals surface area contributed by atoms with Gasteiger partial charge in [0, 0.05) is 0 Å². The van der Waals surface area contributed by atoms with E-state index >= 15 is 0 Å². The molecule has 0 saturated carbocycles. The van der Waals surface area contributed by atoms with Crippen LogP contribution in [-0.4, -0.2) is 36.7 Å². The smallest absolute Gasteiger partial charge is 0.332 e. The van der Waals surface area contributed by atoms with Crippen LogP contribution < -0.4 is 5.32 Å². The molecule has 2 rings (SSSR count). The molecule has 118 valence electrons. The topological polar surface area (TPSA) is 90.7 Å². The van der Waals surface area contributed by atoms with E-state index < -0.39 is 18.0 Å². The largest absolute Gasteiger partial charge is 0.467 e. The van der Waals surface area contributed by atoms with Crippen LogP contribution in [0.2, 0.25) is 0 Å². The summed E-state index contributed by atoms with van der Waals surface area (Å²) in [5.41, 5.74) is 1.25. The maximum absolute atomic E-state index is 11.8. The first-order valence-corrected chi connectivity index (χ1v) is 6.88. The highest BCUT2D eigenvalue weighted by Gasteiger charge is 2.24. The highest BCUT2D eigenvalue weighted by molar-refractivity contribution is 5.80. The van der Waals surface area contributed by atoms with Crippen LogP contribution in [0.1, 0.15) is 13.8 Å². The number of rotatable bonds is 6. The average molecular weight is 306 g/mol. The van der Waals surface area contributed by atoms with Gasteiger partial charge in [-0.1, -0.05) is 26.0 Å². The van der Waals surface area contributed by atoms with Gasteiger partial charge in [0.1, 0.15) is 12.1 Å². The van der Waals surface area contributed by atoms with Gasteiger partial charge in [-0.3, -0.25) is 4.79 Å². The third-order valence-corrected chi connectivity index (χ3v) is 2.94. The molecule has 2 aromatic rings. The minimum Gasteiger partial charge on any atom is -0.467 e. The number of carbonyl (C=O) groups excluding carboxylic acids is 2. The number of oxazole rings is 1. The van der Waals surface area contributed by atoms with Crippen LogP contribution in [0.3, 0.4) is 0 Å². The van der Waals surface area contributed by atoms with Crippen LogP contribution in [0.4, 0.5) is 6.01 Å². The second-order valence-corrected chi connectivity index (χ2v) is 4.99. The van der Waals surface area contributed by atoms with E-state index in [1.165, 1.54) is 7.11 Å². The fourth-order valence-corrected chi connectivity index (χ4v) is 1.73. The molecule has 0 amide bonds. The van der Waals surface area contributed by atoms with Gasteiger partial charge in [-0.05, 0) is 12.1 Å². The van der Waals surface area contributed by atoms with Crippen molar-refractivity contribution in [3.63, 3.8) is 0 Å². The second-order valence-electron chi connectivity index (χ2n) is 4.99. The number of nitrogens with one attached hydrogen (secondary N) is 1. The first kappa shape index (κ1) is 15.8. The van der Waals surface area contributed by atoms with E-state index in [9.17, 15) is 9.59 Å². The molecular weight excluding hydrogens is 288 g/mol. The molecule has 22 heavy (non-hydrogen) atoms. The molecule has 0 saturated heterocycles. The molecule has 1 heterocycles. The Morgan fingerprint density at radius 2 is 2.00 bits per heavy atom. The van der Waals surface area contributed by atoms with Crippen LogP contribution >= 0.6 is 0 Å². The summed E-state index contributed by atoms with van der Waals surface area (Å²) in [7, 11) is 1.26. The lowest BCUT2D eigenvalue weighted by Gasteiger charge is -2.16. The van der Waals surface area contributed by atoms with Crippen molar-refractivity contribution in [2.24, 2.45) is 5.92 Å². The summed E-state index contributed by atoms with van der Waals surface area (Å²) in [5.74, 6) is -1.24. The van der Waals surface area contributed by atoms with Gasteiger partial charge in [-0.25, -0.2) is 4.79 Å². The number of carbonyl (C=O) groups is 2. The average Bonchev–Trinajstić information content (AvgIpc) is 2.92. The molecule has 0 aliphatic carbocycles. The summed E-state index contributed by atoms with van der Waals surface area (Å²) in [6.07, 6.45) is 0. The zero-order chi connectivity index (χ0) is 16.1. The lowest BCUT2D eigenvalue weighted by Crippen LogP contribution is -2.36. The van der Waals surface area contributed by atoms with Gasteiger partial charge in [0.25, 0.3) is 6.01 Å². The molecule has 0 aliphatic rings. The molecule has 0 bridgehead atoms. The SMILES string of the molecule is COC(=O)C(COC(=O)C(C)C)Nc1nc2ccccc2o1. The third-order valence-electron chi connectivity index (χ3n) is 2.94. The molecular formula is C15H18N2O5. The van der Waals surface area contributed by atoms with Gasteiger partial charge in [0.05, 0.1) is 13.0 Å². The number of para-hydroxylation sites is 2. The predicted molar refractivity (Wildman–Crippen MR) is 79.2 cm³/mol. The van der Waals surface area contributed by atoms with Crippen LogP contribution in [0, 0.1) is 5.92 Å². The van der Waals surface area contributed by atoms with Crippen molar-refractivity contribution in [1.29, 1.82) is 0 Å². The highest BCUT2D eigenvalue weighted by atomic mass is 16.5. The Balaban J connectivity index is 2.08. The Morgan fingerprint density at radius 1 is 1.27 bits per heavy atom. The normalized spacial score (nSPS) is 12.2. The number of hydrogen-bond acceptors (Lipinski definition) is 7. The van der Waals surface area contributed by atoms with E-state index in [0.717, 1.165) is 0 Å². The minimum absolute atomic E-state index is 0.164. The van der Waals surface area contributed by atoms with Crippen molar-refractivity contribution in [3.8, 4) is 0 Å². The first-order chi connectivity index (χ1) is 10.5. The lowest BCUT2D eigenvalue weighted by molar-refractivity contribution is -0.151. The van der Waals surface area contributed by atoms with Gasteiger partial charge in [-0.2, -0.15) is 4.98 Å². The van der Waals surface area contributed by atoms with Gasteiger partial charge in [0.2, 0.25) is 0 Å².